The molecule has 1 aromatic heterocycles. The summed E-state index contributed by atoms with van der Waals surface area (Å²) in [6.07, 6.45) is 8.34. The van der Waals surface area contributed by atoms with E-state index >= 15 is 0 Å². The van der Waals surface area contributed by atoms with Crippen LogP contribution in [0.25, 0.3) is 0 Å². The van der Waals surface area contributed by atoms with Crippen molar-refractivity contribution in [1.29, 1.82) is 0 Å². The van der Waals surface area contributed by atoms with Crippen molar-refractivity contribution in [2.24, 2.45) is 5.92 Å². The first-order valence-electron chi connectivity index (χ1n) is 7.95. The van der Waals surface area contributed by atoms with Gasteiger partial charge >= 0.3 is 0 Å². The number of pyridine rings is 1. The predicted molar refractivity (Wildman–Crippen MR) is 81.5 cm³/mol. The van der Waals surface area contributed by atoms with Crippen LogP contribution in [0.15, 0.2) is 18.3 Å². The minimum atomic E-state index is 0.582. The average Bonchev–Trinajstić information content (AvgIpc) is 2.44. The highest BCUT2D eigenvalue weighted by Crippen LogP contribution is 2.35. The van der Waals surface area contributed by atoms with Crippen molar-refractivity contribution >= 4 is 0 Å². The number of nitrogens with one attached hydrogen (secondary N) is 1. The van der Waals surface area contributed by atoms with Crippen LogP contribution in [0.2, 0.25) is 0 Å². The summed E-state index contributed by atoms with van der Waals surface area (Å²) in [6, 6.07) is 4.93. The molecule has 0 aliphatic heterocycles. The Kier molecular flexibility index (Phi) is 5.38. The molecule has 3 unspecified atom stereocenters. The van der Waals surface area contributed by atoms with Gasteiger partial charge in [-0.25, -0.2) is 0 Å². The first kappa shape index (κ1) is 14.5. The van der Waals surface area contributed by atoms with Gasteiger partial charge in [0.1, 0.15) is 0 Å². The van der Waals surface area contributed by atoms with Gasteiger partial charge < -0.3 is 5.32 Å². The predicted octanol–water partition coefficient (Wildman–Crippen LogP) is 3.92. The van der Waals surface area contributed by atoms with Gasteiger partial charge in [0.05, 0.1) is 0 Å². The fourth-order valence-electron chi connectivity index (χ4n) is 3.61. The van der Waals surface area contributed by atoms with Crippen LogP contribution in [-0.2, 0) is 6.42 Å². The summed E-state index contributed by atoms with van der Waals surface area (Å²) in [4.78, 5) is 4.71. The summed E-state index contributed by atoms with van der Waals surface area (Å²) < 4.78 is 0. The molecule has 2 rings (SSSR count). The number of nitrogens with zero attached hydrogens (tertiary/aromatic N) is 1. The van der Waals surface area contributed by atoms with Crippen LogP contribution in [0.4, 0.5) is 0 Å². The van der Waals surface area contributed by atoms with Crippen molar-refractivity contribution in [1.82, 2.24) is 10.3 Å². The molecule has 106 valence electrons. The molecule has 1 heterocycles. The van der Waals surface area contributed by atoms with Gasteiger partial charge in [0.15, 0.2) is 0 Å². The zero-order valence-corrected chi connectivity index (χ0v) is 12.7. The lowest BCUT2D eigenvalue weighted by Gasteiger charge is -2.35. The molecule has 1 N–H and O–H groups in total. The van der Waals surface area contributed by atoms with E-state index in [1.165, 1.54) is 43.4 Å². The van der Waals surface area contributed by atoms with Crippen LogP contribution < -0.4 is 5.32 Å². The summed E-state index contributed by atoms with van der Waals surface area (Å²) in [5, 5.41) is 3.74. The molecule has 0 amide bonds. The number of rotatable bonds is 6. The van der Waals surface area contributed by atoms with Crippen LogP contribution in [-0.4, -0.2) is 17.6 Å². The number of fused-ring (bicyclic) bond motifs is 1. The highest BCUT2D eigenvalue weighted by Gasteiger charge is 2.31. The fraction of sp³-hybridized carbons (Fsp3) is 0.706. The minimum absolute atomic E-state index is 0.582. The quantitative estimate of drug-likeness (QED) is 0.838. The minimum Gasteiger partial charge on any atom is -0.313 e. The second-order valence-corrected chi connectivity index (χ2v) is 5.90. The maximum Gasteiger partial charge on any atom is 0.0482 e. The molecule has 0 bridgehead atoms. The molecule has 0 fully saturated rings. The van der Waals surface area contributed by atoms with Gasteiger partial charge in [-0.3, -0.25) is 4.98 Å². The lowest BCUT2D eigenvalue weighted by Crippen LogP contribution is -2.41. The molecule has 1 aliphatic rings. The molecular weight excluding hydrogens is 232 g/mol. The third-order valence-electron chi connectivity index (χ3n) is 4.47. The summed E-state index contributed by atoms with van der Waals surface area (Å²) in [5.74, 6) is 1.33. The third-order valence-corrected chi connectivity index (χ3v) is 4.47. The normalized spacial score (nSPS) is 21.7. The van der Waals surface area contributed by atoms with Crippen molar-refractivity contribution < 1.29 is 0 Å². The molecule has 1 aromatic rings. The number of aryl methyl sites for hydroxylation is 1. The molecule has 0 radical (unpaired) electrons. The van der Waals surface area contributed by atoms with Crippen molar-refractivity contribution in [2.75, 3.05) is 6.54 Å². The van der Waals surface area contributed by atoms with Gasteiger partial charge in [0.2, 0.25) is 0 Å². The Bertz CT molecular complexity index is 389. The van der Waals surface area contributed by atoms with E-state index in [2.05, 4.69) is 38.2 Å². The molecule has 1 aliphatic carbocycles. The molecule has 19 heavy (non-hydrogen) atoms. The van der Waals surface area contributed by atoms with Crippen LogP contribution in [0.5, 0.6) is 0 Å². The average molecular weight is 260 g/mol. The van der Waals surface area contributed by atoms with Gasteiger partial charge in [0.25, 0.3) is 0 Å². The van der Waals surface area contributed by atoms with E-state index in [-0.39, 0.29) is 0 Å². The Morgan fingerprint density at radius 1 is 1.42 bits per heavy atom. The lowest BCUT2D eigenvalue weighted by atomic mass is 9.77. The van der Waals surface area contributed by atoms with Gasteiger partial charge in [-0.05, 0) is 49.8 Å². The molecule has 0 aromatic carbocycles. The molecular formula is C17H28N2. The Hall–Kier alpha value is -0.890. The fourth-order valence-corrected chi connectivity index (χ4v) is 3.61. The zero-order chi connectivity index (χ0) is 13.7. The lowest BCUT2D eigenvalue weighted by molar-refractivity contribution is 0.288. The maximum atomic E-state index is 4.71. The van der Waals surface area contributed by atoms with E-state index in [1.54, 1.807) is 0 Å². The van der Waals surface area contributed by atoms with E-state index in [9.17, 15) is 0 Å². The second kappa shape index (κ2) is 7.04. The summed E-state index contributed by atoms with van der Waals surface area (Å²) in [5.41, 5.74) is 2.84. The first-order valence-corrected chi connectivity index (χ1v) is 7.95. The Balaban J connectivity index is 2.22. The van der Waals surface area contributed by atoms with Crippen molar-refractivity contribution in [3.8, 4) is 0 Å². The smallest absolute Gasteiger partial charge is 0.0482 e. The van der Waals surface area contributed by atoms with Crippen LogP contribution >= 0.6 is 0 Å². The van der Waals surface area contributed by atoms with Crippen LogP contribution in [0.1, 0.15) is 63.6 Å². The van der Waals surface area contributed by atoms with Gasteiger partial charge in [0, 0.05) is 23.9 Å². The van der Waals surface area contributed by atoms with Crippen molar-refractivity contribution in [3.63, 3.8) is 0 Å². The molecule has 2 heteroatoms. The monoisotopic (exact) mass is 260 g/mol. The molecule has 0 spiro atoms. The number of hydrogen-bond donors (Lipinski definition) is 1. The topological polar surface area (TPSA) is 24.9 Å². The van der Waals surface area contributed by atoms with E-state index in [0.717, 1.165) is 12.5 Å². The Labute approximate surface area is 118 Å². The largest absolute Gasteiger partial charge is 0.313 e. The zero-order valence-electron chi connectivity index (χ0n) is 12.7. The van der Waals surface area contributed by atoms with Crippen molar-refractivity contribution in [2.45, 2.75) is 64.8 Å². The highest BCUT2D eigenvalue weighted by molar-refractivity contribution is 5.27. The standard InChI is InChI=1S/C17H28N2/c1-4-8-13(3)16(18-5-2)15-11-6-9-14-10-7-12-19-17(14)15/h7,10,12-13,15-16,18H,4-6,8-9,11H2,1-3H3. The van der Waals surface area contributed by atoms with E-state index in [0.29, 0.717) is 12.0 Å². The number of hydrogen-bond acceptors (Lipinski definition) is 2. The van der Waals surface area contributed by atoms with E-state index in [4.69, 9.17) is 4.98 Å². The van der Waals surface area contributed by atoms with Crippen molar-refractivity contribution in [3.05, 3.63) is 29.6 Å². The molecule has 2 nitrogen and oxygen atoms in total. The maximum absolute atomic E-state index is 4.71. The Morgan fingerprint density at radius 2 is 2.26 bits per heavy atom. The summed E-state index contributed by atoms with van der Waals surface area (Å²) >= 11 is 0. The second-order valence-electron chi connectivity index (χ2n) is 5.90. The SMILES string of the molecule is CCCC(C)C(NCC)C1CCCc2cccnc21. The highest BCUT2D eigenvalue weighted by atomic mass is 14.9. The first-order chi connectivity index (χ1) is 9.27. The van der Waals surface area contributed by atoms with Gasteiger partial charge in [-0.2, -0.15) is 0 Å². The van der Waals surface area contributed by atoms with Gasteiger partial charge in [-0.1, -0.05) is 33.3 Å². The summed E-state index contributed by atoms with van der Waals surface area (Å²) in [7, 11) is 0. The number of aromatic nitrogens is 1. The summed E-state index contributed by atoms with van der Waals surface area (Å²) in [6.45, 7) is 7.95. The number of likely N-dealkylation sites (N-methyl/N-ethyl adjacent to an activating group) is 1. The molecule has 0 saturated heterocycles. The molecule has 0 saturated carbocycles. The van der Waals surface area contributed by atoms with Crippen LogP contribution in [0.3, 0.4) is 0 Å². The molecule has 3 atom stereocenters. The van der Waals surface area contributed by atoms with Gasteiger partial charge in [-0.15, -0.1) is 0 Å². The van der Waals surface area contributed by atoms with E-state index < -0.39 is 0 Å². The van der Waals surface area contributed by atoms with E-state index in [1.807, 2.05) is 6.20 Å². The third kappa shape index (κ3) is 3.36. The van der Waals surface area contributed by atoms with Crippen LogP contribution in [0, 0.1) is 5.92 Å². The Morgan fingerprint density at radius 3 is 3.00 bits per heavy atom.